The number of nitrogens with zero attached hydrogens (tertiary/aromatic N) is 1. The molecule has 128 valence electrons. The number of nitrogens with one attached hydrogen (secondary N) is 2. The first-order chi connectivity index (χ1) is 10.5. The van der Waals surface area contributed by atoms with Crippen LogP contribution >= 0.6 is 12.4 Å². The van der Waals surface area contributed by atoms with Crippen molar-refractivity contribution in [2.24, 2.45) is 5.92 Å². The van der Waals surface area contributed by atoms with Gasteiger partial charge in [-0.05, 0) is 56.3 Å². The summed E-state index contributed by atoms with van der Waals surface area (Å²) in [5.41, 5.74) is 2.99. The molecule has 1 aliphatic carbocycles. The third kappa shape index (κ3) is 6.20. The smallest absolute Gasteiger partial charge is 0.243 e. The van der Waals surface area contributed by atoms with Gasteiger partial charge in [0.25, 0.3) is 0 Å². The number of amides is 2. The summed E-state index contributed by atoms with van der Waals surface area (Å²) in [6.45, 7) is 5.24. The maximum absolute atomic E-state index is 12.1. The van der Waals surface area contributed by atoms with Crippen molar-refractivity contribution >= 4 is 29.9 Å². The number of benzene rings is 1. The number of rotatable bonds is 7. The highest BCUT2D eigenvalue weighted by atomic mass is 35.5. The van der Waals surface area contributed by atoms with E-state index in [1.807, 2.05) is 32.0 Å². The minimum atomic E-state index is -0.174. The normalized spacial score (nSPS) is 13.2. The summed E-state index contributed by atoms with van der Waals surface area (Å²) in [4.78, 5) is 25.5. The third-order valence-corrected chi connectivity index (χ3v) is 4.09. The number of carbonyl (C=O) groups excluding carboxylic acids is 2. The molecule has 6 heteroatoms. The number of anilines is 1. The van der Waals surface area contributed by atoms with Crippen LogP contribution in [0.5, 0.6) is 0 Å². The van der Waals surface area contributed by atoms with Gasteiger partial charge in [-0.2, -0.15) is 0 Å². The topological polar surface area (TPSA) is 61.4 Å². The lowest BCUT2D eigenvalue weighted by atomic mass is 10.1. The molecule has 1 aromatic rings. The second-order valence-electron chi connectivity index (χ2n) is 6.12. The van der Waals surface area contributed by atoms with Crippen molar-refractivity contribution < 1.29 is 9.59 Å². The fourth-order valence-electron chi connectivity index (χ4n) is 2.22. The van der Waals surface area contributed by atoms with Gasteiger partial charge < -0.3 is 15.5 Å². The van der Waals surface area contributed by atoms with E-state index in [1.165, 1.54) is 17.7 Å². The molecule has 0 bridgehead atoms. The fourth-order valence-corrected chi connectivity index (χ4v) is 2.22. The number of carbonyl (C=O) groups is 2. The lowest BCUT2D eigenvalue weighted by Gasteiger charge is -2.18. The van der Waals surface area contributed by atoms with Crippen molar-refractivity contribution in [1.29, 1.82) is 0 Å². The van der Waals surface area contributed by atoms with Crippen molar-refractivity contribution in [2.75, 3.05) is 32.0 Å². The molecule has 1 saturated carbocycles. The standard InChI is InChI=1S/C17H25N3O2.ClH/c1-12-5-4-6-15(13(12)2)19-16(21)11-20(3)17(22)10-18-9-14-7-8-14;/h4-6,14,18H,7-11H2,1-3H3,(H,19,21);1H. The minimum Gasteiger partial charge on any atom is -0.335 e. The summed E-state index contributed by atoms with van der Waals surface area (Å²) >= 11 is 0. The van der Waals surface area contributed by atoms with Crippen molar-refractivity contribution in [3.05, 3.63) is 29.3 Å². The zero-order valence-electron chi connectivity index (χ0n) is 14.0. The van der Waals surface area contributed by atoms with Crippen molar-refractivity contribution in [1.82, 2.24) is 10.2 Å². The van der Waals surface area contributed by atoms with Gasteiger partial charge in [0.2, 0.25) is 11.8 Å². The van der Waals surface area contributed by atoms with E-state index in [-0.39, 0.29) is 30.8 Å². The summed E-state index contributed by atoms with van der Waals surface area (Å²) in [5.74, 6) is 0.509. The maximum atomic E-state index is 12.1. The molecule has 0 aliphatic heterocycles. The Morgan fingerprint density at radius 2 is 1.96 bits per heavy atom. The predicted octanol–water partition coefficient (Wildman–Crippen LogP) is 2.12. The molecule has 2 N–H and O–H groups in total. The summed E-state index contributed by atoms with van der Waals surface area (Å²) in [6.07, 6.45) is 2.52. The Balaban J connectivity index is 0.00000264. The summed E-state index contributed by atoms with van der Waals surface area (Å²) in [7, 11) is 1.66. The van der Waals surface area contributed by atoms with E-state index in [0.29, 0.717) is 6.54 Å². The molecule has 0 radical (unpaired) electrons. The van der Waals surface area contributed by atoms with Gasteiger partial charge in [0, 0.05) is 12.7 Å². The van der Waals surface area contributed by atoms with E-state index in [9.17, 15) is 9.59 Å². The Hall–Kier alpha value is -1.59. The Morgan fingerprint density at radius 1 is 1.26 bits per heavy atom. The molecule has 5 nitrogen and oxygen atoms in total. The lowest BCUT2D eigenvalue weighted by molar-refractivity contribution is -0.132. The molecule has 0 saturated heterocycles. The number of aryl methyl sites for hydroxylation is 1. The van der Waals surface area contributed by atoms with E-state index in [0.717, 1.165) is 29.3 Å². The highest BCUT2D eigenvalue weighted by Crippen LogP contribution is 2.27. The van der Waals surface area contributed by atoms with Crippen LogP contribution in [0.3, 0.4) is 0 Å². The molecule has 0 spiro atoms. The van der Waals surface area contributed by atoms with Crippen LogP contribution in [0.15, 0.2) is 18.2 Å². The van der Waals surface area contributed by atoms with Gasteiger partial charge in [-0.15, -0.1) is 12.4 Å². The van der Waals surface area contributed by atoms with Gasteiger partial charge in [0.1, 0.15) is 0 Å². The molecule has 2 amide bonds. The quantitative estimate of drug-likeness (QED) is 0.800. The van der Waals surface area contributed by atoms with Crippen molar-refractivity contribution in [3.8, 4) is 0 Å². The Morgan fingerprint density at radius 3 is 2.61 bits per heavy atom. The van der Waals surface area contributed by atoms with Crippen LogP contribution in [0, 0.1) is 19.8 Å². The first-order valence-electron chi connectivity index (χ1n) is 7.78. The van der Waals surface area contributed by atoms with Gasteiger partial charge in [-0.25, -0.2) is 0 Å². The first kappa shape index (κ1) is 19.5. The van der Waals surface area contributed by atoms with Crippen LogP contribution in [-0.4, -0.2) is 43.4 Å². The van der Waals surface area contributed by atoms with Gasteiger partial charge in [-0.1, -0.05) is 12.1 Å². The average Bonchev–Trinajstić information content (AvgIpc) is 3.28. The molecule has 23 heavy (non-hydrogen) atoms. The van der Waals surface area contributed by atoms with Crippen molar-refractivity contribution in [3.63, 3.8) is 0 Å². The van der Waals surface area contributed by atoms with E-state index >= 15 is 0 Å². The van der Waals surface area contributed by atoms with Crippen LogP contribution in [-0.2, 0) is 9.59 Å². The van der Waals surface area contributed by atoms with Crippen LogP contribution in [0.2, 0.25) is 0 Å². The zero-order chi connectivity index (χ0) is 16.1. The van der Waals surface area contributed by atoms with E-state index < -0.39 is 0 Å². The number of hydrogen-bond donors (Lipinski definition) is 2. The minimum absolute atomic E-state index is 0. The molecular weight excluding hydrogens is 314 g/mol. The maximum Gasteiger partial charge on any atom is 0.243 e. The molecule has 0 atom stereocenters. The Kier molecular flexibility index (Phi) is 7.52. The predicted molar refractivity (Wildman–Crippen MR) is 95.0 cm³/mol. The first-order valence-corrected chi connectivity index (χ1v) is 7.78. The van der Waals surface area contributed by atoms with Crippen LogP contribution in [0.25, 0.3) is 0 Å². The lowest BCUT2D eigenvalue weighted by Crippen LogP contribution is -2.40. The second kappa shape index (κ2) is 8.89. The molecule has 0 unspecified atom stereocenters. The Bertz CT molecular complexity index is 559. The van der Waals surface area contributed by atoms with E-state index in [4.69, 9.17) is 0 Å². The summed E-state index contributed by atoms with van der Waals surface area (Å²) < 4.78 is 0. The highest BCUT2D eigenvalue weighted by Gasteiger charge is 2.21. The van der Waals surface area contributed by atoms with Crippen molar-refractivity contribution in [2.45, 2.75) is 26.7 Å². The second-order valence-corrected chi connectivity index (χ2v) is 6.12. The number of likely N-dealkylation sites (N-methyl/N-ethyl adjacent to an activating group) is 1. The molecule has 0 aromatic heterocycles. The van der Waals surface area contributed by atoms with Crippen LogP contribution in [0.4, 0.5) is 5.69 Å². The largest absolute Gasteiger partial charge is 0.335 e. The number of hydrogen-bond acceptors (Lipinski definition) is 3. The monoisotopic (exact) mass is 339 g/mol. The van der Waals surface area contributed by atoms with Gasteiger partial charge in [0.05, 0.1) is 13.1 Å². The van der Waals surface area contributed by atoms with Crippen LogP contribution in [0.1, 0.15) is 24.0 Å². The fraction of sp³-hybridized carbons (Fsp3) is 0.529. The van der Waals surface area contributed by atoms with Gasteiger partial charge >= 0.3 is 0 Å². The molecule has 2 rings (SSSR count). The van der Waals surface area contributed by atoms with E-state index in [1.54, 1.807) is 7.05 Å². The molecule has 0 heterocycles. The summed E-state index contributed by atoms with van der Waals surface area (Å²) in [6, 6.07) is 5.79. The molecule has 1 aromatic carbocycles. The zero-order valence-corrected chi connectivity index (χ0v) is 14.8. The Labute approximate surface area is 144 Å². The third-order valence-electron chi connectivity index (χ3n) is 4.09. The van der Waals surface area contributed by atoms with Gasteiger partial charge in [0.15, 0.2) is 0 Å². The van der Waals surface area contributed by atoms with Crippen LogP contribution < -0.4 is 10.6 Å². The van der Waals surface area contributed by atoms with Gasteiger partial charge in [-0.3, -0.25) is 9.59 Å². The van der Waals surface area contributed by atoms with E-state index in [2.05, 4.69) is 10.6 Å². The molecule has 1 aliphatic rings. The summed E-state index contributed by atoms with van der Waals surface area (Å²) in [5, 5.41) is 6.01. The highest BCUT2D eigenvalue weighted by molar-refractivity contribution is 5.95. The SMILES string of the molecule is Cc1cccc(NC(=O)CN(C)C(=O)CNCC2CC2)c1C.Cl. The number of halogens is 1. The average molecular weight is 340 g/mol. The molecule has 1 fully saturated rings. The molecular formula is C17H26ClN3O2.